The first-order valence-electron chi connectivity index (χ1n) is 7.72. The number of thiazole rings is 1. The molecular formula is C18H18ClN3OS. The monoisotopic (exact) mass is 359 g/mol. The number of halogens is 1. The smallest absolute Gasteiger partial charge is 0.231 e. The Morgan fingerprint density at radius 2 is 2.00 bits per heavy atom. The van der Waals surface area contributed by atoms with Gasteiger partial charge in [0.05, 0.1) is 16.8 Å². The van der Waals surface area contributed by atoms with Gasteiger partial charge in [0.1, 0.15) is 0 Å². The van der Waals surface area contributed by atoms with Crippen molar-refractivity contribution < 1.29 is 4.79 Å². The number of benzene rings is 1. The number of aryl methyl sites for hydroxylation is 1. The summed E-state index contributed by atoms with van der Waals surface area (Å²) in [5, 5.41) is 1.39. The lowest BCUT2D eigenvalue weighted by atomic mass is 10.1. The van der Waals surface area contributed by atoms with E-state index in [1.54, 1.807) is 17.3 Å². The second kappa shape index (κ2) is 6.87. The minimum absolute atomic E-state index is 0.0506. The van der Waals surface area contributed by atoms with Crippen molar-refractivity contribution in [3.63, 3.8) is 0 Å². The topological polar surface area (TPSA) is 46.1 Å². The molecule has 0 saturated carbocycles. The lowest BCUT2D eigenvalue weighted by molar-refractivity contribution is -0.121. The maximum atomic E-state index is 12.7. The largest absolute Gasteiger partial charge is 0.283 e. The average Bonchev–Trinajstić information content (AvgIpc) is 2.96. The zero-order chi connectivity index (χ0) is 17.3. The summed E-state index contributed by atoms with van der Waals surface area (Å²) in [6.07, 6.45) is 3.46. The number of amides is 1. The van der Waals surface area contributed by atoms with Crippen molar-refractivity contribution in [1.29, 1.82) is 0 Å². The third kappa shape index (κ3) is 3.42. The highest BCUT2D eigenvalue weighted by Crippen LogP contribution is 2.34. The molecule has 0 saturated heterocycles. The minimum atomic E-state index is -0.108. The predicted molar refractivity (Wildman–Crippen MR) is 99.6 cm³/mol. The van der Waals surface area contributed by atoms with Crippen molar-refractivity contribution >= 4 is 44.2 Å². The van der Waals surface area contributed by atoms with E-state index in [2.05, 4.69) is 4.98 Å². The fourth-order valence-electron chi connectivity index (χ4n) is 2.48. The molecule has 0 bridgehead atoms. The minimum Gasteiger partial charge on any atom is -0.283 e. The van der Waals surface area contributed by atoms with E-state index < -0.39 is 0 Å². The molecule has 3 rings (SSSR count). The summed E-state index contributed by atoms with van der Waals surface area (Å²) in [4.78, 5) is 23.2. The maximum Gasteiger partial charge on any atom is 0.231 e. The second-order valence-electron chi connectivity index (χ2n) is 6.00. The Balaban J connectivity index is 2.05. The van der Waals surface area contributed by atoms with Crippen molar-refractivity contribution in [2.24, 2.45) is 5.92 Å². The van der Waals surface area contributed by atoms with Gasteiger partial charge in [-0.05, 0) is 42.3 Å². The Labute approximate surface area is 150 Å². The summed E-state index contributed by atoms with van der Waals surface area (Å²) in [6, 6.07) is 7.62. The standard InChI is InChI=1S/C18H18ClN3OS/c1-11(2)17(23)22(10-13-4-6-20-7-5-13)18-21-16-12(3)8-14(19)9-15(16)24-18/h4-9,11H,10H2,1-3H3. The van der Waals surface area contributed by atoms with Crippen molar-refractivity contribution in [3.8, 4) is 0 Å². The van der Waals surface area contributed by atoms with Gasteiger partial charge < -0.3 is 0 Å². The van der Waals surface area contributed by atoms with Crippen LogP contribution in [0.5, 0.6) is 0 Å². The van der Waals surface area contributed by atoms with E-state index in [-0.39, 0.29) is 11.8 Å². The highest BCUT2D eigenvalue weighted by atomic mass is 35.5. The van der Waals surface area contributed by atoms with Crippen LogP contribution in [0.4, 0.5) is 5.13 Å². The van der Waals surface area contributed by atoms with Gasteiger partial charge in [0.2, 0.25) is 5.91 Å². The summed E-state index contributed by atoms with van der Waals surface area (Å²) >= 11 is 7.64. The second-order valence-corrected chi connectivity index (χ2v) is 7.45. The molecule has 0 spiro atoms. The zero-order valence-electron chi connectivity index (χ0n) is 13.8. The van der Waals surface area contributed by atoms with Gasteiger partial charge in [0.25, 0.3) is 0 Å². The number of rotatable bonds is 4. The maximum absolute atomic E-state index is 12.7. The number of hydrogen-bond donors (Lipinski definition) is 0. The highest BCUT2D eigenvalue weighted by Gasteiger charge is 2.23. The molecule has 0 fully saturated rings. The Hall–Kier alpha value is -1.98. The summed E-state index contributed by atoms with van der Waals surface area (Å²) in [5.74, 6) is -0.0573. The summed E-state index contributed by atoms with van der Waals surface area (Å²) < 4.78 is 0.992. The summed E-state index contributed by atoms with van der Waals surface area (Å²) in [7, 11) is 0. The lowest BCUT2D eigenvalue weighted by Crippen LogP contribution is -2.33. The van der Waals surface area contributed by atoms with Crippen LogP contribution in [0.3, 0.4) is 0 Å². The van der Waals surface area contributed by atoms with E-state index in [1.807, 2.05) is 45.0 Å². The van der Waals surface area contributed by atoms with Gasteiger partial charge in [-0.3, -0.25) is 14.7 Å². The summed E-state index contributed by atoms with van der Waals surface area (Å²) in [5.41, 5.74) is 2.93. The molecule has 124 valence electrons. The van der Waals surface area contributed by atoms with Gasteiger partial charge in [0.15, 0.2) is 5.13 Å². The van der Waals surface area contributed by atoms with Gasteiger partial charge in [-0.25, -0.2) is 4.98 Å². The van der Waals surface area contributed by atoms with Crippen LogP contribution in [0.1, 0.15) is 25.0 Å². The predicted octanol–water partition coefficient (Wildman–Crippen LogP) is 4.84. The number of nitrogens with zero attached hydrogens (tertiary/aromatic N) is 3. The molecule has 0 aliphatic rings. The van der Waals surface area contributed by atoms with Crippen molar-refractivity contribution in [2.75, 3.05) is 4.90 Å². The van der Waals surface area contributed by atoms with Crippen molar-refractivity contribution in [1.82, 2.24) is 9.97 Å². The van der Waals surface area contributed by atoms with E-state index in [9.17, 15) is 4.79 Å². The van der Waals surface area contributed by atoms with Gasteiger partial charge in [-0.2, -0.15) is 0 Å². The fraction of sp³-hybridized carbons (Fsp3) is 0.278. The molecule has 6 heteroatoms. The van der Waals surface area contributed by atoms with Crippen LogP contribution in [0.15, 0.2) is 36.7 Å². The fourth-order valence-corrected chi connectivity index (χ4v) is 3.91. The van der Waals surface area contributed by atoms with Crippen LogP contribution in [0.2, 0.25) is 5.02 Å². The normalized spacial score (nSPS) is 11.2. The molecule has 0 atom stereocenters. The molecule has 3 aromatic rings. The molecule has 0 aliphatic carbocycles. The molecule has 4 nitrogen and oxygen atoms in total. The van der Waals surface area contributed by atoms with E-state index in [1.165, 1.54) is 11.3 Å². The van der Waals surface area contributed by atoms with Crippen LogP contribution in [0.25, 0.3) is 10.2 Å². The van der Waals surface area contributed by atoms with Crippen LogP contribution in [-0.4, -0.2) is 15.9 Å². The van der Waals surface area contributed by atoms with Gasteiger partial charge in [-0.1, -0.05) is 36.8 Å². The Morgan fingerprint density at radius 1 is 1.29 bits per heavy atom. The number of fused-ring (bicyclic) bond motifs is 1. The van der Waals surface area contributed by atoms with Crippen LogP contribution in [0, 0.1) is 12.8 Å². The Kier molecular flexibility index (Phi) is 4.83. The lowest BCUT2D eigenvalue weighted by Gasteiger charge is -2.21. The first-order chi connectivity index (χ1) is 11.5. The SMILES string of the molecule is Cc1cc(Cl)cc2sc(N(Cc3ccncc3)C(=O)C(C)C)nc12. The Bertz CT molecular complexity index is 877. The van der Waals surface area contributed by atoms with E-state index in [0.717, 1.165) is 21.3 Å². The third-order valence-electron chi connectivity index (χ3n) is 3.72. The average molecular weight is 360 g/mol. The van der Waals surface area contributed by atoms with Gasteiger partial charge in [-0.15, -0.1) is 0 Å². The van der Waals surface area contributed by atoms with Crippen LogP contribution >= 0.6 is 22.9 Å². The number of carbonyl (C=O) groups is 1. The van der Waals surface area contributed by atoms with Crippen LogP contribution < -0.4 is 4.90 Å². The summed E-state index contributed by atoms with van der Waals surface area (Å²) in [6.45, 7) is 6.26. The molecular weight excluding hydrogens is 342 g/mol. The molecule has 1 aromatic carbocycles. The van der Waals surface area contributed by atoms with E-state index in [0.29, 0.717) is 16.7 Å². The number of carbonyl (C=O) groups excluding carboxylic acids is 1. The quantitative estimate of drug-likeness (QED) is 0.669. The van der Waals surface area contributed by atoms with Crippen molar-refractivity contribution in [2.45, 2.75) is 27.3 Å². The highest BCUT2D eigenvalue weighted by molar-refractivity contribution is 7.22. The number of aromatic nitrogens is 2. The zero-order valence-corrected chi connectivity index (χ0v) is 15.4. The van der Waals surface area contributed by atoms with E-state index in [4.69, 9.17) is 16.6 Å². The molecule has 2 aromatic heterocycles. The van der Waals surface area contributed by atoms with Gasteiger partial charge in [0, 0.05) is 23.3 Å². The molecule has 0 aliphatic heterocycles. The molecule has 0 radical (unpaired) electrons. The number of pyridine rings is 1. The first-order valence-corrected chi connectivity index (χ1v) is 8.92. The molecule has 1 amide bonds. The first kappa shape index (κ1) is 16.9. The van der Waals surface area contributed by atoms with E-state index >= 15 is 0 Å². The molecule has 24 heavy (non-hydrogen) atoms. The molecule has 0 unspecified atom stereocenters. The number of hydrogen-bond acceptors (Lipinski definition) is 4. The molecule has 2 heterocycles. The number of anilines is 1. The Morgan fingerprint density at radius 3 is 2.67 bits per heavy atom. The molecule has 0 N–H and O–H groups in total. The van der Waals surface area contributed by atoms with Gasteiger partial charge >= 0.3 is 0 Å². The van der Waals surface area contributed by atoms with Crippen LogP contribution in [-0.2, 0) is 11.3 Å². The van der Waals surface area contributed by atoms with Crippen molar-refractivity contribution in [3.05, 3.63) is 52.8 Å². The third-order valence-corrected chi connectivity index (χ3v) is 4.96.